The summed E-state index contributed by atoms with van der Waals surface area (Å²) in [6, 6.07) is 0. The molecule has 2 heteroatoms. The summed E-state index contributed by atoms with van der Waals surface area (Å²) in [6.45, 7) is 11.8. The first-order valence-electron chi connectivity index (χ1n) is 5.70. The molecule has 0 fully saturated rings. The van der Waals surface area contributed by atoms with Gasteiger partial charge in [-0.15, -0.1) is 0 Å². The van der Waals surface area contributed by atoms with E-state index in [1.54, 1.807) is 0 Å². The van der Waals surface area contributed by atoms with Crippen molar-refractivity contribution in [3.63, 3.8) is 0 Å². The second-order valence-electron chi connectivity index (χ2n) is 3.78. The summed E-state index contributed by atoms with van der Waals surface area (Å²) in [4.78, 5) is 0. The minimum Gasteiger partial charge on any atom is -0.377 e. The van der Waals surface area contributed by atoms with E-state index in [9.17, 15) is 0 Å². The SMILES string of the molecule is C=C(C)COCCCCCCNCC. The molecule has 0 atom stereocenters. The number of ether oxygens (including phenoxy) is 1. The number of nitrogens with one attached hydrogen (secondary N) is 1. The largest absolute Gasteiger partial charge is 0.377 e. The van der Waals surface area contributed by atoms with Gasteiger partial charge in [0.05, 0.1) is 6.61 Å². The topological polar surface area (TPSA) is 21.3 Å². The van der Waals surface area contributed by atoms with Crippen LogP contribution in [0, 0.1) is 0 Å². The van der Waals surface area contributed by atoms with Crippen LogP contribution in [0.3, 0.4) is 0 Å². The zero-order valence-electron chi connectivity index (χ0n) is 9.77. The highest BCUT2D eigenvalue weighted by Gasteiger charge is 1.91. The van der Waals surface area contributed by atoms with Crippen molar-refractivity contribution in [3.05, 3.63) is 12.2 Å². The lowest BCUT2D eigenvalue weighted by Crippen LogP contribution is -2.13. The minimum atomic E-state index is 0.720. The number of rotatable bonds is 10. The Hall–Kier alpha value is -0.340. The molecule has 84 valence electrons. The molecule has 0 heterocycles. The van der Waals surface area contributed by atoms with Gasteiger partial charge in [-0.05, 0) is 32.9 Å². The van der Waals surface area contributed by atoms with Gasteiger partial charge in [-0.25, -0.2) is 0 Å². The Labute approximate surface area is 88.7 Å². The van der Waals surface area contributed by atoms with Crippen LogP contribution in [0.25, 0.3) is 0 Å². The van der Waals surface area contributed by atoms with Gasteiger partial charge in [-0.3, -0.25) is 0 Å². The van der Waals surface area contributed by atoms with Gasteiger partial charge >= 0.3 is 0 Å². The Bertz CT molecular complexity index is 134. The number of hydrogen-bond donors (Lipinski definition) is 1. The van der Waals surface area contributed by atoms with Gasteiger partial charge in [-0.1, -0.05) is 31.9 Å². The van der Waals surface area contributed by atoms with E-state index >= 15 is 0 Å². The van der Waals surface area contributed by atoms with Crippen LogP contribution >= 0.6 is 0 Å². The van der Waals surface area contributed by atoms with Crippen LogP contribution in [0.15, 0.2) is 12.2 Å². The molecule has 0 rings (SSSR count). The molecule has 0 amide bonds. The summed E-state index contributed by atoms with van der Waals surface area (Å²) < 4.78 is 5.41. The van der Waals surface area contributed by atoms with E-state index < -0.39 is 0 Å². The fourth-order valence-electron chi connectivity index (χ4n) is 1.23. The first-order valence-corrected chi connectivity index (χ1v) is 5.70. The standard InChI is InChI=1S/C12H25NO/c1-4-13-9-7-5-6-8-10-14-11-12(2)3/h13H,2,4-11H2,1,3H3. The van der Waals surface area contributed by atoms with Gasteiger partial charge in [-0.2, -0.15) is 0 Å². The van der Waals surface area contributed by atoms with Crippen LogP contribution in [0.1, 0.15) is 39.5 Å². The van der Waals surface area contributed by atoms with E-state index in [0.717, 1.165) is 31.9 Å². The molecule has 0 saturated heterocycles. The van der Waals surface area contributed by atoms with E-state index in [2.05, 4.69) is 18.8 Å². The lowest BCUT2D eigenvalue weighted by Gasteiger charge is -2.04. The smallest absolute Gasteiger partial charge is 0.0671 e. The van der Waals surface area contributed by atoms with Crippen molar-refractivity contribution in [3.8, 4) is 0 Å². The molecule has 1 N–H and O–H groups in total. The van der Waals surface area contributed by atoms with Crippen LogP contribution in [0.4, 0.5) is 0 Å². The highest BCUT2D eigenvalue weighted by Crippen LogP contribution is 2.00. The third-order valence-corrected chi connectivity index (χ3v) is 1.99. The normalized spacial score (nSPS) is 10.4. The molecule has 0 aromatic rings. The van der Waals surface area contributed by atoms with Gasteiger partial charge in [0.15, 0.2) is 0 Å². The summed E-state index contributed by atoms with van der Waals surface area (Å²) in [5.41, 5.74) is 1.11. The third kappa shape index (κ3) is 11.7. The summed E-state index contributed by atoms with van der Waals surface area (Å²) in [5, 5.41) is 3.32. The molecular formula is C12H25NO. The number of unbranched alkanes of at least 4 members (excludes halogenated alkanes) is 3. The van der Waals surface area contributed by atoms with Crippen molar-refractivity contribution in [2.45, 2.75) is 39.5 Å². The maximum absolute atomic E-state index is 5.41. The van der Waals surface area contributed by atoms with E-state index in [0.29, 0.717) is 0 Å². The molecule has 0 aromatic heterocycles. The van der Waals surface area contributed by atoms with Crippen molar-refractivity contribution < 1.29 is 4.74 Å². The Morgan fingerprint density at radius 1 is 1.21 bits per heavy atom. The maximum atomic E-state index is 5.41. The van der Waals surface area contributed by atoms with Crippen LogP contribution in [-0.4, -0.2) is 26.3 Å². The highest BCUT2D eigenvalue weighted by atomic mass is 16.5. The maximum Gasteiger partial charge on any atom is 0.0671 e. The van der Waals surface area contributed by atoms with Crippen molar-refractivity contribution in [2.24, 2.45) is 0 Å². The van der Waals surface area contributed by atoms with Gasteiger partial charge in [0, 0.05) is 6.61 Å². The van der Waals surface area contributed by atoms with Gasteiger partial charge in [0.2, 0.25) is 0 Å². The summed E-state index contributed by atoms with van der Waals surface area (Å²) in [7, 11) is 0. The average molecular weight is 199 g/mol. The van der Waals surface area contributed by atoms with Gasteiger partial charge in [0.25, 0.3) is 0 Å². The van der Waals surface area contributed by atoms with E-state index in [-0.39, 0.29) is 0 Å². The lowest BCUT2D eigenvalue weighted by molar-refractivity contribution is 0.151. The summed E-state index contributed by atoms with van der Waals surface area (Å²) in [5.74, 6) is 0. The summed E-state index contributed by atoms with van der Waals surface area (Å²) in [6.07, 6.45) is 5.05. The quantitative estimate of drug-likeness (QED) is 0.431. The monoisotopic (exact) mass is 199 g/mol. The second kappa shape index (κ2) is 10.7. The third-order valence-electron chi connectivity index (χ3n) is 1.99. The Morgan fingerprint density at radius 3 is 2.57 bits per heavy atom. The molecule has 0 aliphatic carbocycles. The fourth-order valence-corrected chi connectivity index (χ4v) is 1.23. The molecule has 0 unspecified atom stereocenters. The van der Waals surface area contributed by atoms with Crippen molar-refractivity contribution in [1.82, 2.24) is 5.32 Å². The zero-order chi connectivity index (χ0) is 10.6. The second-order valence-corrected chi connectivity index (χ2v) is 3.78. The predicted molar refractivity (Wildman–Crippen MR) is 62.6 cm³/mol. The highest BCUT2D eigenvalue weighted by molar-refractivity contribution is 4.87. The predicted octanol–water partition coefficient (Wildman–Crippen LogP) is 2.75. The summed E-state index contributed by atoms with van der Waals surface area (Å²) >= 11 is 0. The van der Waals surface area contributed by atoms with E-state index in [1.165, 1.54) is 25.7 Å². The molecule has 14 heavy (non-hydrogen) atoms. The van der Waals surface area contributed by atoms with Crippen LogP contribution in [-0.2, 0) is 4.74 Å². The first-order chi connectivity index (χ1) is 6.77. The fraction of sp³-hybridized carbons (Fsp3) is 0.833. The molecule has 0 saturated carbocycles. The molecule has 0 radical (unpaired) electrons. The Kier molecular flexibility index (Phi) is 10.5. The Balaban J connectivity index is 2.88. The molecule has 0 aromatic carbocycles. The Morgan fingerprint density at radius 2 is 1.93 bits per heavy atom. The van der Waals surface area contributed by atoms with Gasteiger partial charge < -0.3 is 10.1 Å². The van der Waals surface area contributed by atoms with Crippen LogP contribution < -0.4 is 5.32 Å². The van der Waals surface area contributed by atoms with Crippen molar-refractivity contribution >= 4 is 0 Å². The minimum absolute atomic E-state index is 0.720. The zero-order valence-corrected chi connectivity index (χ0v) is 9.77. The van der Waals surface area contributed by atoms with Crippen molar-refractivity contribution in [2.75, 3.05) is 26.3 Å². The van der Waals surface area contributed by atoms with Crippen molar-refractivity contribution in [1.29, 1.82) is 0 Å². The number of hydrogen-bond acceptors (Lipinski definition) is 2. The molecule has 0 aliphatic rings. The molecule has 0 aliphatic heterocycles. The average Bonchev–Trinajstić information content (AvgIpc) is 2.15. The molecule has 2 nitrogen and oxygen atoms in total. The van der Waals surface area contributed by atoms with E-state index in [4.69, 9.17) is 4.74 Å². The lowest BCUT2D eigenvalue weighted by atomic mass is 10.2. The molecule has 0 bridgehead atoms. The first kappa shape index (κ1) is 13.7. The van der Waals surface area contributed by atoms with Gasteiger partial charge in [0.1, 0.15) is 0 Å². The van der Waals surface area contributed by atoms with E-state index in [1.807, 2.05) is 6.92 Å². The van der Waals surface area contributed by atoms with Crippen LogP contribution in [0.2, 0.25) is 0 Å². The molecule has 0 spiro atoms. The van der Waals surface area contributed by atoms with Crippen LogP contribution in [0.5, 0.6) is 0 Å². The molecular weight excluding hydrogens is 174 g/mol.